The van der Waals surface area contributed by atoms with Crippen molar-refractivity contribution in [3.05, 3.63) is 29.6 Å². The normalized spacial score (nSPS) is 26.9. The maximum absolute atomic E-state index is 13.3. The molecule has 92 valence electrons. The second kappa shape index (κ2) is 4.30. The van der Waals surface area contributed by atoms with E-state index in [1.807, 2.05) is 7.05 Å². The molecule has 2 fully saturated rings. The van der Waals surface area contributed by atoms with E-state index in [2.05, 4.69) is 5.32 Å². The summed E-state index contributed by atoms with van der Waals surface area (Å²) in [5, 5.41) is 3.23. The van der Waals surface area contributed by atoms with E-state index in [4.69, 9.17) is 4.74 Å². The second-order valence-corrected chi connectivity index (χ2v) is 5.17. The molecule has 1 aromatic carbocycles. The first-order valence-electron chi connectivity index (χ1n) is 6.37. The number of halogens is 1. The Labute approximate surface area is 101 Å². The van der Waals surface area contributed by atoms with Gasteiger partial charge in [-0.25, -0.2) is 4.39 Å². The third kappa shape index (κ3) is 2.44. The maximum Gasteiger partial charge on any atom is 0.123 e. The molecule has 0 aliphatic heterocycles. The van der Waals surface area contributed by atoms with Crippen LogP contribution in [0.15, 0.2) is 18.2 Å². The van der Waals surface area contributed by atoms with Crippen molar-refractivity contribution in [1.82, 2.24) is 5.32 Å². The summed E-state index contributed by atoms with van der Waals surface area (Å²) in [5.74, 6) is 1.86. The predicted octanol–water partition coefficient (Wildman–Crippen LogP) is 2.69. The van der Waals surface area contributed by atoms with Crippen LogP contribution in [0.4, 0.5) is 4.39 Å². The zero-order chi connectivity index (χ0) is 11.8. The molecule has 0 aromatic heterocycles. The average Bonchev–Trinajstić information content (AvgIpc) is 3.21. The zero-order valence-corrected chi connectivity index (χ0v) is 10.1. The first-order valence-corrected chi connectivity index (χ1v) is 6.37. The summed E-state index contributed by atoms with van der Waals surface area (Å²) in [6.07, 6.45) is 3.64. The standard InChI is InChI=1S/C14H18FNO/c1-16-13-7-11(13)12-6-10(15)4-5-14(12)17-8-9-2-3-9/h4-6,9,11,13,16H,2-3,7-8H2,1H3/t11-,13+/m0/s1. The van der Waals surface area contributed by atoms with Gasteiger partial charge in [-0.3, -0.25) is 0 Å². The van der Waals surface area contributed by atoms with Crippen molar-refractivity contribution in [3.63, 3.8) is 0 Å². The second-order valence-electron chi connectivity index (χ2n) is 5.17. The molecule has 2 saturated carbocycles. The van der Waals surface area contributed by atoms with Crippen LogP contribution in [0.1, 0.15) is 30.7 Å². The lowest BCUT2D eigenvalue weighted by atomic mass is 10.1. The quantitative estimate of drug-likeness (QED) is 0.847. The Morgan fingerprint density at radius 2 is 2.24 bits per heavy atom. The monoisotopic (exact) mass is 235 g/mol. The van der Waals surface area contributed by atoms with Gasteiger partial charge in [0, 0.05) is 17.5 Å². The van der Waals surface area contributed by atoms with E-state index in [9.17, 15) is 4.39 Å². The van der Waals surface area contributed by atoms with Crippen LogP contribution in [0.5, 0.6) is 5.75 Å². The van der Waals surface area contributed by atoms with Gasteiger partial charge in [-0.1, -0.05) is 0 Å². The van der Waals surface area contributed by atoms with Gasteiger partial charge in [0.15, 0.2) is 0 Å². The van der Waals surface area contributed by atoms with Gasteiger partial charge in [0.2, 0.25) is 0 Å². The van der Waals surface area contributed by atoms with Crippen molar-refractivity contribution in [2.75, 3.05) is 13.7 Å². The Balaban J connectivity index is 1.75. The molecule has 2 nitrogen and oxygen atoms in total. The molecule has 0 saturated heterocycles. The van der Waals surface area contributed by atoms with Crippen molar-refractivity contribution in [2.24, 2.45) is 5.92 Å². The molecule has 0 bridgehead atoms. The van der Waals surface area contributed by atoms with Crippen LogP contribution in [0.2, 0.25) is 0 Å². The van der Waals surface area contributed by atoms with E-state index in [0.29, 0.717) is 12.0 Å². The van der Waals surface area contributed by atoms with Crippen molar-refractivity contribution in [1.29, 1.82) is 0 Å². The van der Waals surface area contributed by atoms with Gasteiger partial charge in [0.25, 0.3) is 0 Å². The highest BCUT2D eigenvalue weighted by Gasteiger charge is 2.39. The molecule has 2 aliphatic rings. The molecule has 2 atom stereocenters. The van der Waals surface area contributed by atoms with Gasteiger partial charge in [0.1, 0.15) is 11.6 Å². The van der Waals surface area contributed by atoms with Gasteiger partial charge in [-0.05, 0) is 50.4 Å². The smallest absolute Gasteiger partial charge is 0.123 e. The Kier molecular flexibility index (Phi) is 2.79. The average molecular weight is 235 g/mol. The Hall–Kier alpha value is -1.09. The maximum atomic E-state index is 13.3. The molecule has 17 heavy (non-hydrogen) atoms. The highest BCUT2D eigenvalue weighted by Crippen LogP contribution is 2.45. The van der Waals surface area contributed by atoms with Crippen LogP contribution in [0.3, 0.4) is 0 Å². The number of rotatable bonds is 5. The number of ether oxygens (including phenoxy) is 1. The number of benzene rings is 1. The van der Waals surface area contributed by atoms with E-state index in [1.54, 1.807) is 12.1 Å². The fraction of sp³-hybridized carbons (Fsp3) is 0.571. The third-order valence-electron chi connectivity index (χ3n) is 3.70. The molecule has 1 aromatic rings. The van der Waals surface area contributed by atoms with Crippen LogP contribution < -0.4 is 10.1 Å². The van der Waals surface area contributed by atoms with Crippen molar-refractivity contribution < 1.29 is 9.13 Å². The minimum Gasteiger partial charge on any atom is -0.493 e. The Morgan fingerprint density at radius 1 is 1.41 bits per heavy atom. The van der Waals surface area contributed by atoms with Crippen molar-refractivity contribution >= 4 is 0 Å². The number of hydrogen-bond acceptors (Lipinski definition) is 2. The van der Waals surface area contributed by atoms with Crippen LogP contribution >= 0.6 is 0 Å². The topological polar surface area (TPSA) is 21.3 Å². The number of likely N-dealkylation sites (N-methyl/N-ethyl adjacent to an activating group) is 1. The van der Waals surface area contributed by atoms with Crippen LogP contribution in [-0.2, 0) is 0 Å². The largest absolute Gasteiger partial charge is 0.493 e. The number of hydrogen-bond donors (Lipinski definition) is 1. The summed E-state index contributed by atoms with van der Waals surface area (Å²) >= 11 is 0. The number of nitrogens with one attached hydrogen (secondary N) is 1. The Morgan fingerprint density at radius 3 is 2.88 bits per heavy atom. The molecule has 2 aliphatic carbocycles. The fourth-order valence-corrected chi connectivity index (χ4v) is 2.29. The summed E-state index contributed by atoms with van der Waals surface area (Å²) in [7, 11) is 1.95. The minimum atomic E-state index is -0.166. The molecule has 0 amide bonds. The fourth-order valence-electron chi connectivity index (χ4n) is 2.29. The Bertz CT molecular complexity index is 417. The van der Waals surface area contributed by atoms with E-state index in [1.165, 1.54) is 18.9 Å². The zero-order valence-electron chi connectivity index (χ0n) is 10.1. The summed E-state index contributed by atoms with van der Waals surface area (Å²) in [6.45, 7) is 0.787. The molecule has 3 rings (SSSR count). The summed E-state index contributed by atoms with van der Waals surface area (Å²) in [6, 6.07) is 5.38. The highest BCUT2D eigenvalue weighted by atomic mass is 19.1. The first kappa shape index (κ1) is 11.0. The van der Waals surface area contributed by atoms with Gasteiger partial charge in [-0.2, -0.15) is 0 Å². The molecular formula is C14H18FNO. The molecule has 0 heterocycles. The van der Waals surface area contributed by atoms with Gasteiger partial charge in [0.05, 0.1) is 6.61 Å². The summed E-state index contributed by atoms with van der Waals surface area (Å²) < 4.78 is 19.1. The lowest BCUT2D eigenvalue weighted by Crippen LogP contribution is -2.11. The molecule has 3 heteroatoms. The van der Waals surface area contributed by atoms with E-state index in [-0.39, 0.29) is 5.82 Å². The summed E-state index contributed by atoms with van der Waals surface area (Å²) in [5.41, 5.74) is 1.03. The lowest BCUT2D eigenvalue weighted by Gasteiger charge is -2.11. The van der Waals surface area contributed by atoms with Crippen LogP contribution in [-0.4, -0.2) is 19.7 Å². The SMILES string of the molecule is CN[C@@H]1C[C@H]1c1cc(F)ccc1OCC1CC1. The molecule has 1 N–H and O–H groups in total. The minimum absolute atomic E-state index is 0.166. The van der Waals surface area contributed by atoms with Crippen LogP contribution in [0, 0.1) is 11.7 Å². The van der Waals surface area contributed by atoms with E-state index < -0.39 is 0 Å². The molecule has 0 unspecified atom stereocenters. The highest BCUT2D eigenvalue weighted by molar-refractivity contribution is 5.41. The molecule has 0 radical (unpaired) electrons. The lowest BCUT2D eigenvalue weighted by molar-refractivity contribution is 0.296. The molecular weight excluding hydrogens is 217 g/mol. The van der Waals surface area contributed by atoms with Gasteiger partial charge in [-0.15, -0.1) is 0 Å². The van der Waals surface area contributed by atoms with E-state index >= 15 is 0 Å². The van der Waals surface area contributed by atoms with Crippen molar-refractivity contribution in [2.45, 2.75) is 31.2 Å². The van der Waals surface area contributed by atoms with Gasteiger partial charge >= 0.3 is 0 Å². The molecule has 0 spiro atoms. The predicted molar refractivity (Wildman–Crippen MR) is 64.8 cm³/mol. The third-order valence-corrected chi connectivity index (χ3v) is 3.70. The van der Waals surface area contributed by atoms with E-state index in [0.717, 1.165) is 30.3 Å². The van der Waals surface area contributed by atoms with Gasteiger partial charge < -0.3 is 10.1 Å². The van der Waals surface area contributed by atoms with Crippen molar-refractivity contribution in [3.8, 4) is 5.75 Å². The van der Waals surface area contributed by atoms with Crippen LogP contribution in [0.25, 0.3) is 0 Å². The first-order chi connectivity index (χ1) is 8.28. The summed E-state index contributed by atoms with van der Waals surface area (Å²) in [4.78, 5) is 0.